The van der Waals surface area contributed by atoms with Crippen molar-refractivity contribution >= 4 is 7.60 Å². The Labute approximate surface area is 207 Å². The van der Waals surface area contributed by atoms with Crippen LogP contribution in [0.15, 0.2) is 22.0 Å². The molecule has 0 radical (unpaired) electrons. The van der Waals surface area contributed by atoms with E-state index < -0.39 is 54.3 Å². The molecule has 3 heterocycles. The first-order valence-electron chi connectivity index (χ1n) is 11.7. The minimum Gasteiger partial charge on any atom is -0.388 e. The average molecular weight is 532 g/mol. The van der Waals surface area contributed by atoms with Crippen LogP contribution in [0.3, 0.4) is 0 Å². The lowest BCUT2D eigenvalue weighted by molar-refractivity contribution is -0.0774. The van der Waals surface area contributed by atoms with Crippen molar-refractivity contribution < 1.29 is 34.0 Å². The van der Waals surface area contributed by atoms with E-state index in [0.717, 1.165) is 10.8 Å². The number of aryl methyl sites for hydroxylation is 1. The summed E-state index contributed by atoms with van der Waals surface area (Å²) in [4.78, 5) is 37.6. The van der Waals surface area contributed by atoms with Crippen LogP contribution in [-0.4, -0.2) is 74.0 Å². The summed E-state index contributed by atoms with van der Waals surface area (Å²) in [5, 5.41) is 37.5. The molecule has 202 valence electrons. The van der Waals surface area contributed by atoms with Gasteiger partial charge in [-0.2, -0.15) is 0 Å². The fourth-order valence-electron chi connectivity index (χ4n) is 4.09. The van der Waals surface area contributed by atoms with E-state index in [4.69, 9.17) is 9.26 Å². The van der Waals surface area contributed by atoms with Gasteiger partial charge in [-0.15, -0.1) is 5.10 Å². The molecule has 0 spiro atoms. The summed E-state index contributed by atoms with van der Waals surface area (Å²) in [5.74, 6) is 0. The molecule has 0 aromatic carbocycles. The Hall–Kier alpha value is -2.19. The molecular formula is C21H34N5O9P. The topological polar surface area (TPSA) is 202 Å². The molecule has 14 nitrogen and oxygen atoms in total. The van der Waals surface area contributed by atoms with Gasteiger partial charge in [-0.1, -0.05) is 26.0 Å². The van der Waals surface area contributed by atoms with E-state index in [0.29, 0.717) is 0 Å². The lowest BCUT2D eigenvalue weighted by Crippen LogP contribution is -2.41. The van der Waals surface area contributed by atoms with Gasteiger partial charge in [0, 0.05) is 19.7 Å². The van der Waals surface area contributed by atoms with E-state index in [-0.39, 0.29) is 36.9 Å². The summed E-state index contributed by atoms with van der Waals surface area (Å²) >= 11 is 0. The number of hydrogen-bond donors (Lipinski definition) is 5. The maximum absolute atomic E-state index is 12.9. The van der Waals surface area contributed by atoms with Crippen molar-refractivity contribution in [3.63, 3.8) is 0 Å². The second kappa shape index (κ2) is 10.3. The van der Waals surface area contributed by atoms with Gasteiger partial charge in [0.25, 0.3) is 5.56 Å². The van der Waals surface area contributed by atoms with Gasteiger partial charge in [0.15, 0.2) is 11.6 Å². The molecule has 3 rings (SSSR count). The highest BCUT2D eigenvalue weighted by Gasteiger charge is 2.51. The minimum atomic E-state index is -4.52. The zero-order valence-electron chi connectivity index (χ0n) is 20.9. The number of aromatic amines is 1. The molecule has 1 aliphatic heterocycles. The van der Waals surface area contributed by atoms with Crippen LogP contribution in [0.2, 0.25) is 0 Å². The molecule has 0 bridgehead atoms. The van der Waals surface area contributed by atoms with Crippen LogP contribution in [-0.2, 0) is 20.9 Å². The van der Waals surface area contributed by atoms with Gasteiger partial charge in [-0.3, -0.25) is 28.1 Å². The molecule has 6 unspecified atom stereocenters. The van der Waals surface area contributed by atoms with Crippen LogP contribution < -0.4 is 11.2 Å². The molecule has 0 amide bonds. The van der Waals surface area contributed by atoms with Crippen molar-refractivity contribution in [1.29, 1.82) is 0 Å². The highest BCUT2D eigenvalue weighted by molar-refractivity contribution is 7.54. The van der Waals surface area contributed by atoms with Crippen molar-refractivity contribution in [2.75, 3.05) is 0 Å². The Morgan fingerprint density at radius 2 is 1.81 bits per heavy atom. The summed E-state index contributed by atoms with van der Waals surface area (Å²) in [6.07, 6.45) is -2.59. The highest BCUT2D eigenvalue weighted by Crippen LogP contribution is 2.59. The van der Waals surface area contributed by atoms with Crippen LogP contribution in [0.25, 0.3) is 11.3 Å². The molecule has 15 heteroatoms. The summed E-state index contributed by atoms with van der Waals surface area (Å²) in [6, 6.07) is 0. The zero-order chi connectivity index (χ0) is 27.1. The molecule has 2 aromatic heterocycles. The molecule has 1 saturated heterocycles. The number of hydrogen-bond acceptors (Lipinski definition) is 10. The number of ether oxygens (including phenoxy) is 1. The lowest BCUT2D eigenvalue weighted by atomic mass is 9.88. The predicted octanol–water partition coefficient (Wildman–Crippen LogP) is 0.221. The smallest absolute Gasteiger partial charge is 0.359 e. The average Bonchev–Trinajstić information content (AvgIpc) is 3.36. The summed E-state index contributed by atoms with van der Waals surface area (Å²) in [7, 11) is -2.92. The highest BCUT2D eigenvalue weighted by atomic mass is 31.2. The summed E-state index contributed by atoms with van der Waals surface area (Å²) in [5.41, 5.74) is -2.70. The molecular weight excluding hydrogens is 497 g/mol. The number of nitrogens with zero attached hydrogens (tertiary/aromatic N) is 4. The van der Waals surface area contributed by atoms with Crippen molar-refractivity contribution in [3.8, 4) is 11.3 Å². The third-order valence-electron chi connectivity index (χ3n) is 6.92. The van der Waals surface area contributed by atoms with Crippen LogP contribution in [0, 0.1) is 0 Å². The molecule has 0 aliphatic carbocycles. The molecule has 6 atom stereocenters. The van der Waals surface area contributed by atoms with E-state index in [1.54, 1.807) is 27.8 Å². The van der Waals surface area contributed by atoms with E-state index in [1.165, 1.54) is 17.8 Å². The van der Waals surface area contributed by atoms with E-state index in [1.807, 2.05) is 0 Å². The lowest BCUT2D eigenvalue weighted by Gasteiger charge is -2.39. The van der Waals surface area contributed by atoms with Crippen molar-refractivity contribution in [1.82, 2.24) is 24.5 Å². The van der Waals surface area contributed by atoms with Crippen LogP contribution in [0.4, 0.5) is 0 Å². The number of aliphatic hydroxyl groups excluding tert-OH is 2. The summed E-state index contributed by atoms with van der Waals surface area (Å²) < 4.78 is 26.7. The fourth-order valence-corrected chi connectivity index (χ4v) is 5.54. The third kappa shape index (κ3) is 5.25. The van der Waals surface area contributed by atoms with Crippen molar-refractivity contribution in [2.24, 2.45) is 7.05 Å². The first-order valence-corrected chi connectivity index (χ1v) is 13.3. The molecule has 1 aliphatic rings. The Morgan fingerprint density at radius 3 is 2.33 bits per heavy atom. The molecule has 5 N–H and O–H groups in total. The first kappa shape index (κ1) is 28.4. The van der Waals surface area contributed by atoms with Gasteiger partial charge in [0.2, 0.25) is 0 Å². The zero-order valence-corrected chi connectivity index (χ0v) is 21.8. The van der Waals surface area contributed by atoms with E-state index in [2.05, 4.69) is 15.3 Å². The second-order valence-electron chi connectivity index (χ2n) is 9.31. The number of rotatable bonds is 10. The number of aliphatic hydroxyl groups is 3. The van der Waals surface area contributed by atoms with Crippen LogP contribution in [0.5, 0.6) is 0 Å². The standard InChI is InChI=1S/C21H34N5O9P/c1-6-20(4,31)36(32,33)35-21(7-2,8-3)9-14-15(27)16(28)18(34-14)26-10-12(17(29)22-19(26)30)13-11-25(5)24-23-13/h10-11,14-16,18,27-28,31H,6-9H2,1-5H3,(H,32,33)(H,22,29,30). The summed E-state index contributed by atoms with van der Waals surface area (Å²) in [6.45, 7) is 6.20. The molecule has 2 aromatic rings. The van der Waals surface area contributed by atoms with Gasteiger partial charge in [0.05, 0.1) is 23.5 Å². The monoisotopic (exact) mass is 531 g/mol. The normalized spacial score (nSPS) is 26.0. The molecule has 1 fully saturated rings. The number of H-pyrrole nitrogens is 1. The first-order chi connectivity index (χ1) is 16.7. The maximum atomic E-state index is 12.9. The molecule has 36 heavy (non-hydrogen) atoms. The van der Waals surface area contributed by atoms with Gasteiger partial charge in [-0.25, -0.2) is 4.79 Å². The fraction of sp³-hybridized carbons (Fsp3) is 0.714. The largest absolute Gasteiger partial charge is 0.388 e. The van der Waals surface area contributed by atoms with E-state index >= 15 is 0 Å². The SMILES string of the molecule is CCC(CC)(CC1OC(n2cc(-c3cn(C)nn3)c(=O)[nH]c2=O)C(O)C1O)OP(=O)(O)C(C)(O)CC. The van der Waals surface area contributed by atoms with Gasteiger partial charge in [0.1, 0.15) is 17.9 Å². The Morgan fingerprint density at radius 1 is 1.17 bits per heavy atom. The van der Waals surface area contributed by atoms with Crippen molar-refractivity contribution in [2.45, 2.75) is 88.9 Å². The van der Waals surface area contributed by atoms with Crippen LogP contribution in [0.1, 0.15) is 59.6 Å². The Kier molecular flexibility index (Phi) is 8.11. The molecule has 0 saturated carbocycles. The number of aromatic nitrogens is 5. The van der Waals surface area contributed by atoms with Gasteiger partial charge in [-0.05, 0) is 26.2 Å². The quantitative estimate of drug-likeness (QED) is 0.262. The van der Waals surface area contributed by atoms with Gasteiger partial charge >= 0.3 is 13.3 Å². The van der Waals surface area contributed by atoms with Crippen LogP contribution >= 0.6 is 7.60 Å². The second-order valence-corrected chi connectivity index (χ2v) is 11.5. The van der Waals surface area contributed by atoms with E-state index in [9.17, 15) is 34.4 Å². The Bertz CT molecular complexity index is 1230. The Balaban J connectivity index is 1.92. The predicted molar refractivity (Wildman–Crippen MR) is 127 cm³/mol. The number of nitrogens with one attached hydrogen (secondary N) is 1. The van der Waals surface area contributed by atoms with Crippen molar-refractivity contribution in [3.05, 3.63) is 33.2 Å². The maximum Gasteiger partial charge on any atom is 0.359 e. The third-order valence-corrected chi connectivity index (χ3v) is 9.08. The minimum absolute atomic E-state index is 0.000692. The van der Waals surface area contributed by atoms with Gasteiger partial charge < -0.3 is 24.9 Å².